The fourth-order valence-electron chi connectivity index (χ4n) is 0.997. The second kappa shape index (κ2) is 3.99. The van der Waals surface area contributed by atoms with Crippen LogP contribution < -0.4 is 4.74 Å². The number of aromatic nitrogens is 1. The highest BCUT2D eigenvalue weighted by molar-refractivity contribution is 5.83. The standard InChI is InChI=1S/C8H7F2NO3/c1-14-7-4(3-12)5(13)2-11-6(7)8(9)10/h2-3,8,13H,1H3. The molecule has 14 heavy (non-hydrogen) atoms. The Kier molecular flexibility index (Phi) is 2.95. The zero-order valence-electron chi connectivity index (χ0n) is 7.20. The molecule has 0 unspecified atom stereocenters. The van der Waals surface area contributed by atoms with Gasteiger partial charge < -0.3 is 9.84 Å². The van der Waals surface area contributed by atoms with Crippen molar-refractivity contribution in [3.05, 3.63) is 17.5 Å². The zero-order valence-corrected chi connectivity index (χ0v) is 7.20. The smallest absolute Gasteiger partial charge is 0.284 e. The van der Waals surface area contributed by atoms with Crippen LogP contribution in [0.4, 0.5) is 8.78 Å². The molecule has 0 saturated heterocycles. The summed E-state index contributed by atoms with van der Waals surface area (Å²) >= 11 is 0. The molecule has 0 bridgehead atoms. The van der Waals surface area contributed by atoms with Crippen LogP contribution in [-0.2, 0) is 0 Å². The van der Waals surface area contributed by atoms with E-state index in [1.54, 1.807) is 0 Å². The van der Waals surface area contributed by atoms with Crippen molar-refractivity contribution in [1.82, 2.24) is 4.98 Å². The average molecular weight is 203 g/mol. The van der Waals surface area contributed by atoms with E-state index in [9.17, 15) is 13.6 Å². The fraction of sp³-hybridized carbons (Fsp3) is 0.250. The summed E-state index contributed by atoms with van der Waals surface area (Å²) in [6.07, 6.45) is -1.83. The van der Waals surface area contributed by atoms with Gasteiger partial charge in [0.15, 0.2) is 12.0 Å². The Labute approximate surface area is 78.1 Å². The van der Waals surface area contributed by atoms with E-state index in [2.05, 4.69) is 9.72 Å². The molecule has 0 amide bonds. The second-order valence-corrected chi connectivity index (χ2v) is 2.39. The third kappa shape index (κ3) is 1.63. The molecule has 1 N–H and O–H groups in total. The Hall–Kier alpha value is -1.72. The van der Waals surface area contributed by atoms with Crippen LogP contribution in [0.25, 0.3) is 0 Å². The number of alkyl halides is 2. The van der Waals surface area contributed by atoms with Crippen molar-refractivity contribution in [2.24, 2.45) is 0 Å². The van der Waals surface area contributed by atoms with Gasteiger partial charge >= 0.3 is 0 Å². The highest BCUT2D eigenvalue weighted by Crippen LogP contribution is 2.33. The molecular weight excluding hydrogens is 196 g/mol. The van der Waals surface area contributed by atoms with Crippen molar-refractivity contribution in [3.63, 3.8) is 0 Å². The SMILES string of the molecule is COc1c(C(F)F)ncc(O)c1C=O. The zero-order chi connectivity index (χ0) is 10.7. The number of aldehydes is 1. The lowest BCUT2D eigenvalue weighted by Gasteiger charge is -2.09. The first-order valence-corrected chi connectivity index (χ1v) is 3.61. The Morgan fingerprint density at radius 3 is 2.71 bits per heavy atom. The van der Waals surface area contributed by atoms with E-state index in [4.69, 9.17) is 5.11 Å². The number of pyridine rings is 1. The largest absolute Gasteiger partial charge is 0.505 e. The molecule has 1 heterocycles. The molecule has 1 aromatic heterocycles. The molecule has 0 atom stereocenters. The Balaban J connectivity index is 3.40. The predicted molar refractivity (Wildman–Crippen MR) is 42.8 cm³/mol. The molecule has 0 aliphatic rings. The normalized spacial score (nSPS) is 10.3. The summed E-state index contributed by atoms with van der Waals surface area (Å²) in [7, 11) is 1.12. The highest BCUT2D eigenvalue weighted by atomic mass is 19.3. The summed E-state index contributed by atoms with van der Waals surface area (Å²) in [6, 6.07) is 0. The highest BCUT2D eigenvalue weighted by Gasteiger charge is 2.21. The summed E-state index contributed by atoms with van der Waals surface area (Å²) < 4.78 is 29.2. The summed E-state index contributed by atoms with van der Waals surface area (Å²) in [6.45, 7) is 0. The third-order valence-corrected chi connectivity index (χ3v) is 1.61. The van der Waals surface area contributed by atoms with E-state index < -0.39 is 23.6 Å². The van der Waals surface area contributed by atoms with E-state index in [0.717, 1.165) is 13.3 Å². The molecule has 0 aromatic carbocycles. The summed E-state index contributed by atoms with van der Waals surface area (Å²) in [4.78, 5) is 13.7. The minimum atomic E-state index is -2.86. The lowest BCUT2D eigenvalue weighted by atomic mass is 10.2. The molecule has 6 heteroatoms. The van der Waals surface area contributed by atoms with Crippen LogP contribution in [0.2, 0.25) is 0 Å². The maximum Gasteiger partial charge on any atom is 0.284 e. The number of methoxy groups -OCH3 is 1. The fourth-order valence-corrected chi connectivity index (χ4v) is 0.997. The van der Waals surface area contributed by atoms with Crippen LogP contribution in [0.1, 0.15) is 22.5 Å². The van der Waals surface area contributed by atoms with Gasteiger partial charge in [0, 0.05) is 0 Å². The Morgan fingerprint density at radius 2 is 2.29 bits per heavy atom. The van der Waals surface area contributed by atoms with E-state index in [0.29, 0.717) is 0 Å². The molecule has 1 rings (SSSR count). The first-order valence-electron chi connectivity index (χ1n) is 3.61. The second-order valence-electron chi connectivity index (χ2n) is 2.39. The van der Waals surface area contributed by atoms with E-state index in [-0.39, 0.29) is 11.8 Å². The third-order valence-electron chi connectivity index (χ3n) is 1.61. The lowest BCUT2D eigenvalue weighted by molar-refractivity contribution is 0.111. The topological polar surface area (TPSA) is 59.4 Å². The van der Waals surface area contributed by atoms with Crippen molar-refractivity contribution < 1.29 is 23.4 Å². The summed E-state index contributed by atoms with van der Waals surface area (Å²) in [5, 5.41) is 9.11. The minimum Gasteiger partial charge on any atom is -0.505 e. The maximum atomic E-state index is 12.3. The number of nitrogens with zero attached hydrogens (tertiary/aromatic N) is 1. The number of hydrogen-bond donors (Lipinski definition) is 1. The van der Waals surface area contributed by atoms with Crippen LogP contribution in [0.5, 0.6) is 11.5 Å². The Bertz CT molecular complexity index is 355. The Morgan fingerprint density at radius 1 is 1.64 bits per heavy atom. The van der Waals surface area contributed by atoms with E-state index in [1.807, 2.05) is 0 Å². The van der Waals surface area contributed by atoms with Gasteiger partial charge in [-0.3, -0.25) is 4.79 Å². The van der Waals surface area contributed by atoms with Crippen molar-refractivity contribution in [2.45, 2.75) is 6.43 Å². The van der Waals surface area contributed by atoms with Crippen LogP contribution in [0.3, 0.4) is 0 Å². The summed E-state index contributed by atoms with van der Waals surface area (Å²) in [5.74, 6) is -0.878. The van der Waals surface area contributed by atoms with E-state index >= 15 is 0 Å². The lowest BCUT2D eigenvalue weighted by Crippen LogP contribution is -2.00. The van der Waals surface area contributed by atoms with Crippen LogP contribution in [0.15, 0.2) is 6.20 Å². The quantitative estimate of drug-likeness (QED) is 0.757. The van der Waals surface area contributed by atoms with Crippen molar-refractivity contribution in [2.75, 3.05) is 7.11 Å². The molecule has 1 aromatic rings. The summed E-state index contributed by atoms with van der Waals surface area (Å²) in [5.41, 5.74) is -0.981. The molecule has 76 valence electrons. The minimum absolute atomic E-state index is 0.238. The molecule has 0 aliphatic heterocycles. The van der Waals surface area contributed by atoms with Gasteiger partial charge in [-0.25, -0.2) is 13.8 Å². The molecular formula is C8H7F2NO3. The van der Waals surface area contributed by atoms with Crippen molar-refractivity contribution in [1.29, 1.82) is 0 Å². The van der Waals surface area contributed by atoms with Gasteiger partial charge in [0.2, 0.25) is 0 Å². The molecule has 0 saturated carbocycles. The average Bonchev–Trinajstić information content (AvgIpc) is 2.16. The number of hydrogen-bond acceptors (Lipinski definition) is 4. The maximum absolute atomic E-state index is 12.3. The van der Waals surface area contributed by atoms with Gasteiger partial charge in [-0.15, -0.1) is 0 Å². The van der Waals surface area contributed by atoms with Gasteiger partial charge in [-0.1, -0.05) is 0 Å². The molecule has 0 aliphatic carbocycles. The van der Waals surface area contributed by atoms with Crippen LogP contribution in [-0.4, -0.2) is 23.5 Å². The van der Waals surface area contributed by atoms with Crippen LogP contribution >= 0.6 is 0 Å². The van der Waals surface area contributed by atoms with Gasteiger partial charge in [-0.05, 0) is 0 Å². The van der Waals surface area contributed by atoms with Gasteiger partial charge in [-0.2, -0.15) is 0 Å². The van der Waals surface area contributed by atoms with E-state index in [1.165, 1.54) is 0 Å². The number of carbonyl (C=O) groups is 1. The number of aromatic hydroxyl groups is 1. The monoisotopic (exact) mass is 203 g/mol. The molecule has 0 spiro atoms. The molecule has 0 fully saturated rings. The first-order chi connectivity index (χ1) is 6.61. The van der Waals surface area contributed by atoms with Gasteiger partial charge in [0.1, 0.15) is 17.0 Å². The molecule has 4 nitrogen and oxygen atoms in total. The van der Waals surface area contributed by atoms with Crippen molar-refractivity contribution >= 4 is 6.29 Å². The first kappa shape index (κ1) is 10.4. The molecule has 0 radical (unpaired) electrons. The number of halogens is 2. The number of ether oxygens (including phenoxy) is 1. The van der Waals surface area contributed by atoms with Gasteiger partial charge in [0.25, 0.3) is 6.43 Å². The van der Waals surface area contributed by atoms with Gasteiger partial charge in [0.05, 0.1) is 13.3 Å². The number of rotatable bonds is 3. The van der Waals surface area contributed by atoms with Crippen molar-refractivity contribution in [3.8, 4) is 11.5 Å². The van der Waals surface area contributed by atoms with Crippen LogP contribution in [0, 0.1) is 0 Å². The number of carbonyl (C=O) groups excluding carboxylic acids is 1. The predicted octanol–water partition coefficient (Wildman–Crippen LogP) is 1.55.